The van der Waals surface area contributed by atoms with Gasteiger partial charge < -0.3 is 9.52 Å². The molecule has 0 aliphatic rings. The Labute approximate surface area is 130 Å². The third-order valence-electron chi connectivity index (χ3n) is 3.31. The largest absolute Gasteiger partial charge is 0.475 e. The lowest BCUT2D eigenvalue weighted by atomic mass is 9.92. The van der Waals surface area contributed by atoms with Crippen LogP contribution in [0.15, 0.2) is 27.7 Å². The van der Waals surface area contributed by atoms with E-state index in [0.717, 1.165) is 0 Å². The van der Waals surface area contributed by atoms with E-state index < -0.39 is 11.4 Å². The zero-order chi connectivity index (χ0) is 16.8. The zero-order valence-electron chi connectivity index (χ0n) is 12.8. The van der Waals surface area contributed by atoms with Crippen LogP contribution in [0.2, 0.25) is 0 Å². The lowest BCUT2D eigenvalue weighted by Crippen LogP contribution is -2.34. The van der Waals surface area contributed by atoms with Crippen LogP contribution in [0.25, 0.3) is 5.78 Å². The minimum atomic E-state index is -1.17. The molecule has 0 aliphatic carbocycles. The fourth-order valence-corrected chi connectivity index (χ4v) is 2.19. The molecule has 0 aliphatic heterocycles. The van der Waals surface area contributed by atoms with Crippen LogP contribution in [-0.2, 0) is 12.0 Å². The number of rotatable bonds is 3. The second kappa shape index (κ2) is 5.04. The van der Waals surface area contributed by atoms with Crippen molar-refractivity contribution in [3.05, 3.63) is 46.0 Å². The third-order valence-corrected chi connectivity index (χ3v) is 3.31. The monoisotopic (exact) mass is 317 g/mol. The molecule has 0 saturated carbocycles. The van der Waals surface area contributed by atoms with Gasteiger partial charge >= 0.3 is 5.97 Å². The van der Waals surface area contributed by atoms with Crippen LogP contribution in [0.3, 0.4) is 0 Å². The van der Waals surface area contributed by atoms with Gasteiger partial charge in [0.2, 0.25) is 5.76 Å². The summed E-state index contributed by atoms with van der Waals surface area (Å²) in [4.78, 5) is 23.6. The molecule has 0 atom stereocenters. The Morgan fingerprint density at radius 3 is 2.70 bits per heavy atom. The maximum Gasteiger partial charge on any atom is 0.371 e. The van der Waals surface area contributed by atoms with E-state index in [-0.39, 0.29) is 23.6 Å². The zero-order valence-corrected chi connectivity index (χ0v) is 12.8. The van der Waals surface area contributed by atoms with E-state index >= 15 is 0 Å². The first-order valence-corrected chi connectivity index (χ1v) is 6.90. The summed E-state index contributed by atoms with van der Waals surface area (Å²) in [6.07, 6.45) is 1.41. The third kappa shape index (κ3) is 2.60. The SMILES string of the molecule is CC(C)(C)c1nn2cnnc2n(Cc2ccc(C(=O)O)o2)c1=O. The Morgan fingerprint density at radius 2 is 2.09 bits per heavy atom. The van der Waals surface area contributed by atoms with Gasteiger partial charge in [-0.3, -0.25) is 9.36 Å². The molecule has 1 N–H and O–H groups in total. The van der Waals surface area contributed by atoms with Crippen LogP contribution in [0, 0.1) is 0 Å². The van der Waals surface area contributed by atoms with Gasteiger partial charge in [-0.05, 0) is 12.1 Å². The van der Waals surface area contributed by atoms with E-state index in [0.29, 0.717) is 11.5 Å². The first-order chi connectivity index (χ1) is 10.8. The lowest BCUT2D eigenvalue weighted by Gasteiger charge is -2.18. The van der Waals surface area contributed by atoms with Gasteiger partial charge in [0, 0.05) is 5.41 Å². The van der Waals surface area contributed by atoms with Crippen molar-refractivity contribution >= 4 is 11.7 Å². The van der Waals surface area contributed by atoms with E-state index in [1.807, 2.05) is 20.8 Å². The summed E-state index contributed by atoms with van der Waals surface area (Å²) in [7, 11) is 0. The van der Waals surface area contributed by atoms with E-state index in [1.54, 1.807) is 0 Å². The molecule has 3 aromatic rings. The number of aromatic nitrogens is 5. The average Bonchev–Trinajstić information content (AvgIpc) is 3.09. The number of carbonyl (C=O) groups is 1. The highest BCUT2D eigenvalue weighted by molar-refractivity contribution is 5.84. The second-order valence-electron chi connectivity index (χ2n) is 6.14. The predicted octanol–water partition coefficient (Wildman–Crippen LogP) is 0.923. The highest BCUT2D eigenvalue weighted by atomic mass is 16.4. The minimum absolute atomic E-state index is 0.0416. The van der Waals surface area contributed by atoms with Crippen molar-refractivity contribution in [2.24, 2.45) is 0 Å². The molecule has 120 valence electrons. The number of hydrogen-bond acceptors (Lipinski definition) is 6. The van der Waals surface area contributed by atoms with Gasteiger partial charge in [0.15, 0.2) is 0 Å². The van der Waals surface area contributed by atoms with Gasteiger partial charge in [0.05, 0.1) is 6.54 Å². The Kier molecular flexibility index (Phi) is 3.28. The molecular weight excluding hydrogens is 302 g/mol. The normalized spacial score (nSPS) is 12.0. The Morgan fingerprint density at radius 1 is 1.35 bits per heavy atom. The van der Waals surface area contributed by atoms with Crippen molar-refractivity contribution in [3.8, 4) is 0 Å². The van der Waals surface area contributed by atoms with Crippen LogP contribution in [-0.4, -0.2) is 35.5 Å². The number of carboxylic acids is 1. The quantitative estimate of drug-likeness (QED) is 0.763. The molecule has 3 heterocycles. The number of furan rings is 1. The molecule has 0 fully saturated rings. The molecule has 3 aromatic heterocycles. The van der Waals surface area contributed by atoms with Gasteiger partial charge in [0.1, 0.15) is 17.8 Å². The van der Waals surface area contributed by atoms with Crippen molar-refractivity contribution in [3.63, 3.8) is 0 Å². The summed E-state index contributed by atoms with van der Waals surface area (Å²) in [5.74, 6) is -0.756. The van der Waals surface area contributed by atoms with Crippen LogP contribution in [0.5, 0.6) is 0 Å². The van der Waals surface area contributed by atoms with Crippen LogP contribution in [0.1, 0.15) is 42.8 Å². The summed E-state index contributed by atoms with van der Waals surface area (Å²) in [5, 5.41) is 20.8. The molecule has 0 saturated heterocycles. The minimum Gasteiger partial charge on any atom is -0.475 e. The first kappa shape index (κ1) is 14.9. The van der Waals surface area contributed by atoms with Crippen molar-refractivity contribution in [1.82, 2.24) is 24.4 Å². The molecule has 0 spiro atoms. The van der Waals surface area contributed by atoms with Gasteiger partial charge in [0.25, 0.3) is 11.3 Å². The van der Waals surface area contributed by atoms with Crippen molar-refractivity contribution in [2.45, 2.75) is 32.7 Å². The molecule has 0 radical (unpaired) electrons. The lowest BCUT2D eigenvalue weighted by molar-refractivity contribution is 0.0660. The molecule has 0 unspecified atom stereocenters. The Hall–Kier alpha value is -2.97. The van der Waals surface area contributed by atoms with Gasteiger partial charge in [-0.25, -0.2) is 4.79 Å². The molecule has 0 bridgehead atoms. The van der Waals surface area contributed by atoms with Crippen molar-refractivity contribution < 1.29 is 14.3 Å². The Bertz CT molecular complexity index is 944. The van der Waals surface area contributed by atoms with Gasteiger partial charge in [-0.1, -0.05) is 20.8 Å². The average molecular weight is 317 g/mol. The molecule has 0 amide bonds. The molecule has 23 heavy (non-hydrogen) atoms. The van der Waals surface area contributed by atoms with Crippen molar-refractivity contribution in [2.75, 3.05) is 0 Å². The summed E-state index contributed by atoms with van der Waals surface area (Å²) in [6.45, 7) is 5.69. The predicted molar refractivity (Wildman–Crippen MR) is 78.5 cm³/mol. The van der Waals surface area contributed by atoms with Crippen molar-refractivity contribution in [1.29, 1.82) is 0 Å². The van der Waals surface area contributed by atoms with E-state index in [1.165, 1.54) is 27.5 Å². The molecular formula is C14H15N5O4. The summed E-state index contributed by atoms with van der Waals surface area (Å²) in [6, 6.07) is 2.86. The number of nitrogens with zero attached hydrogens (tertiary/aromatic N) is 5. The van der Waals surface area contributed by atoms with E-state index in [9.17, 15) is 9.59 Å². The smallest absolute Gasteiger partial charge is 0.371 e. The fourth-order valence-electron chi connectivity index (χ4n) is 2.19. The van der Waals surface area contributed by atoms with Crippen LogP contribution in [0.4, 0.5) is 0 Å². The number of aromatic carboxylic acids is 1. The number of hydrogen-bond donors (Lipinski definition) is 1. The standard InChI is InChI=1S/C14H15N5O4/c1-14(2,3)10-11(20)18(13-16-15-7-19(13)17-10)6-8-4-5-9(23-8)12(21)22/h4-5,7H,6H2,1-3H3,(H,21,22). The van der Waals surface area contributed by atoms with Gasteiger partial charge in [-0.2, -0.15) is 9.61 Å². The van der Waals surface area contributed by atoms with Crippen LogP contribution >= 0.6 is 0 Å². The van der Waals surface area contributed by atoms with E-state index in [2.05, 4.69) is 15.3 Å². The fraction of sp³-hybridized carbons (Fsp3) is 0.357. The highest BCUT2D eigenvalue weighted by Gasteiger charge is 2.24. The van der Waals surface area contributed by atoms with Gasteiger partial charge in [-0.15, -0.1) is 10.2 Å². The molecule has 9 heteroatoms. The maximum absolute atomic E-state index is 12.7. The molecule has 9 nitrogen and oxygen atoms in total. The van der Waals surface area contributed by atoms with E-state index in [4.69, 9.17) is 9.52 Å². The molecule has 0 aromatic carbocycles. The highest BCUT2D eigenvalue weighted by Crippen LogP contribution is 2.17. The summed E-state index contributed by atoms with van der Waals surface area (Å²) < 4.78 is 8.00. The Balaban J connectivity index is 2.15. The topological polar surface area (TPSA) is 116 Å². The van der Waals surface area contributed by atoms with Crippen LogP contribution < -0.4 is 5.56 Å². The maximum atomic E-state index is 12.7. The number of carboxylic acid groups (broad SMARTS) is 1. The summed E-state index contributed by atoms with van der Waals surface area (Å²) in [5.41, 5.74) is -0.423. The summed E-state index contributed by atoms with van der Waals surface area (Å²) >= 11 is 0. The molecule has 3 rings (SSSR count). The number of fused-ring (bicyclic) bond motifs is 1. The second-order valence-corrected chi connectivity index (χ2v) is 6.14. The first-order valence-electron chi connectivity index (χ1n) is 6.90.